The van der Waals surface area contributed by atoms with Crippen molar-refractivity contribution in [3.8, 4) is 0 Å². The van der Waals surface area contributed by atoms with Crippen molar-refractivity contribution in [2.24, 2.45) is 0 Å². The van der Waals surface area contributed by atoms with Gasteiger partial charge in [0.15, 0.2) is 11.4 Å². The van der Waals surface area contributed by atoms with Crippen molar-refractivity contribution in [2.45, 2.75) is 72.0 Å². The van der Waals surface area contributed by atoms with Crippen LogP contribution in [0.2, 0.25) is 0 Å². The fourth-order valence-electron chi connectivity index (χ4n) is 3.82. The maximum absolute atomic E-state index is 6.24. The average molecular weight is 383 g/mol. The Morgan fingerprint density at radius 2 is 1.86 bits per heavy atom. The third-order valence-electron chi connectivity index (χ3n) is 5.47. The fraction of sp³-hybridized carbons (Fsp3) is 0.591. The second kappa shape index (κ2) is 7.66. The van der Waals surface area contributed by atoms with Crippen LogP contribution in [0, 0.1) is 0 Å². The second-order valence-corrected chi connectivity index (χ2v) is 8.34. The monoisotopic (exact) mass is 382 g/mol. The van der Waals surface area contributed by atoms with Crippen LogP contribution in [0.1, 0.15) is 64.6 Å². The van der Waals surface area contributed by atoms with E-state index < -0.39 is 0 Å². The molecule has 6 nitrogen and oxygen atoms in total. The smallest absolute Gasteiger partial charge is 0.229 e. The van der Waals surface area contributed by atoms with Crippen LogP contribution in [-0.4, -0.2) is 33.6 Å². The van der Waals surface area contributed by atoms with E-state index in [9.17, 15) is 0 Å². The van der Waals surface area contributed by atoms with Crippen LogP contribution in [0.25, 0.3) is 22.2 Å². The summed E-state index contributed by atoms with van der Waals surface area (Å²) in [6.07, 6.45) is 7.01. The van der Waals surface area contributed by atoms with Gasteiger partial charge in [-0.2, -0.15) is 0 Å². The summed E-state index contributed by atoms with van der Waals surface area (Å²) >= 11 is 0. The first-order chi connectivity index (χ1) is 13.5. The van der Waals surface area contributed by atoms with Crippen LogP contribution >= 0.6 is 0 Å². The lowest BCUT2D eigenvalue weighted by Crippen LogP contribution is -2.32. The molecule has 4 heterocycles. The molecule has 0 saturated carbocycles. The molecule has 0 amide bonds. The minimum absolute atomic E-state index is 0.193. The van der Waals surface area contributed by atoms with Gasteiger partial charge in [-0.05, 0) is 32.8 Å². The number of hydrogen-bond donors (Lipinski definition) is 0. The van der Waals surface area contributed by atoms with E-state index in [0.717, 1.165) is 78.8 Å². The molecule has 6 heteroatoms. The molecule has 0 fully saturated rings. The zero-order valence-corrected chi connectivity index (χ0v) is 17.4. The van der Waals surface area contributed by atoms with E-state index in [-0.39, 0.29) is 5.60 Å². The number of unbranched alkanes of at least 4 members (excludes halogenated alkanes) is 2. The SMILES string of the molecule is CCCCN(CCCC)c1ncnc2c1oc1nc3c(cc12)COC(C)(C)C3. The molecule has 0 aromatic carbocycles. The number of rotatable bonds is 7. The summed E-state index contributed by atoms with van der Waals surface area (Å²) in [6, 6.07) is 2.14. The molecule has 0 unspecified atom stereocenters. The highest BCUT2D eigenvalue weighted by molar-refractivity contribution is 6.04. The number of fused-ring (bicyclic) bond motifs is 4. The van der Waals surface area contributed by atoms with Crippen LogP contribution in [0.15, 0.2) is 16.8 Å². The lowest BCUT2D eigenvalue weighted by molar-refractivity contribution is -0.0411. The summed E-state index contributed by atoms with van der Waals surface area (Å²) < 4.78 is 12.2. The van der Waals surface area contributed by atoms with E-state index in [4.69, 9.17) is 14.1 Å². The molecule has 3 aromatic heterocycles. The largest absolute Gasteiger partial charge is 0.432 e. The molecule has 0 spiro atoms. The lowest BCUT2D eigenvalue weighted by atomic mass is 9.95. The Morgan fingerprint density at radius 3 is 2.57 bits per heavy atom. The molecule has 1 aliphatic rings. The van der Waals surface area contributed by atoms with Gasteiger partial charge >= 0.3 is 0 Å². The molecular weight excluding hydrogens is 352 g/mol. The number of anilines is 1. The van der Waals surface area contributed by atoms with E-state index in [1.54, 1.807) is 6.33 Å². The quantitative estimate of drug-likeness (QED) is 0.571. The summed E-state index contributed by atoms with van der Waals surface area (Å²) in [5, 5.41) is 0.951. The molecule has 0 atom stereocenters. The third-order valence-corrected chi connectivity index (χ3v) is 5.47. The van der Waals surface area contributed by atoms with Gasteiger partial charge in [0.1, 0.15) is 11.8 Å². The second-order valence-electron chi connectivity index (χ2n) is 8.34. The highest BCUT2D eigenvalue weighted by Crippen LogP contribution is 2.35. The maximum Gasteiger partial charge on any atom is 0.229 e. The van der Waals surface area contributed by atoms with Crippen LogP contribution in [0.5, 0.6) is 0 Å². The predicted molar refractivity (Wildman–Crippen MR) is 112 cm³/mol. The number of furan rings is 1. The fourth-order valence-corrected chi connectivity index (χ4v) is 3.82. The summed E-state index contributed by atoms with van der Waals surface area (Å²) in [6.45, 7) is 11.2. The number of ether oxygens (including phenoxy) is 1. The van der Waals surface area contributed by atoms with Gasteiger partial charge < -0.3 is 14.1 Å². The van der Waals surface area contributed by atoms with Gasteiger partial charge in [0.2, 0.25) is 5.71 Å². The molecule has 0 radical (unpaired) electrons. The highest BCUT2D eigenvalue weighted by Gasteiger charge is 2.29. The van der Waals surface area contributed by atoms with Gasteiger partial charge in [-0.25, -0.2) is 15.0 Å². The Bertz CT molecular complexity index is 971. The first-order valence-electron chi connectivity index (χ1n) is 10.5. The van der Waals surface area contributed by atoms with E-state index in [2.05, 4.69) is 48.6 Å². The maximum atomic E-state index is 6.24. The third kappa shape index (κ3) is 3.58. The van der Waals surface area contributed by atoms with E-state index >= 15 is 0 Å². The lowest BCUT2D eigenvalue weighted by Gasteiger charge is -2.30. The molecule has 150 valence electrons. The Kier molecular flexibility index (Phi) is 5.23. The minimum atomic E-state index is -0.193. The van der Waals surface area contributed by atoms with Gasteiger partial charge in [-0.3, -0.25) is 0 Å². The first-order valence-corrected chi connectivity index (χ1v) is 10.5. The topological polar surface area (TPSA) is 64.3 Å². The minimum Gasteiger partial charge on any atom is -0.432 e. The van der Waals surface area contributed by atoms with Gasteiger partial charge in [-0.1, -0.05) is 26.7 Å². The molecule has 3 aromatic rings. The number of hydrogen-bond acceptors (Lipinski definition) is 6. The van der Waals surface area contributed by atoms with Crippen LogP contribution in [0.3, 0.4) is 0 Å². The first kappa shape index (κ1) is 19.1. The predicted octanol–water partition coefficient (Wildman–Crippen LogP) is 5.03. The molecule has 0 aliphatic carbocycles. The Balaban J connectivity index is 1.81. The molecule has 0 bridgehead atoms. The van der Waals surface area contributed by atoms with Gasteiger partial charge in [0.05, 0.1) is 23.3 Å². The van der Waals surface area contributed by atoms with Crippen LogP contribution < -0.4 is 4.90 Å². The zero-order chi connectivity index (χ0) is 19.7. The summed E-state index contributed by atoms with van der Waals surface area (Å²) in [5.74, 6) is 0.888. The highest BCUT2D eigenvalue weighted by atomic mass is 16.5. The Labute approximate surface area is 166 Å². The Morgan fingerprint density at radius 1 is 1.11 bits per heavy atom. The number of pyridine rings is 1. The zero-order valence-electron chi connectivity index (χ0n) is 17.4. The average Bonchev–Trinajstić information content (AvgIpc) is 3.03. The van der Waals surface area contributed by atoms with Crippen LogP contribution in [-0.2, 0) is 17.8 Å². The van der Waals surface area contributed by atoms with Crippen molar-refractivity contribution in [1.29, 1.82) is 0 Å². The molecule has 28 heavy (non-hydrogen) atoms. The van der Waals surface area contributed by atoms with Gasteiger partial charge in [-0.15, -0.1) is 0 Å². The van der Waals surface area contributed by atoms with E-state index in [0.29, 0.717) is 12.3 Å². The molecule has 0 N–H and O–H groups in total. The van der Waals surface area contributed by atoms with E-state index in [1.807, 2.05) is 0 Å². The summed E-state index contributed by atoms with van der Waals surface area (Å²) in [7, 11) is 0. The van der Waals surface area contributed by atoms with Gasteiger partial charge in [0, 0.05) is 25.1 Å². The van der Waals surface area contributed by atoms with Crippen molar-refractivity contribution < 1.29 is 9.15 Å². The van der Waals surface area contributed by atoms with E-state index in [1.165, 1.54) is 0 Å². The van der Waals surface area contributed by atoms with Crippen molar-refractivity contribution in [3.05, 3.63) is 23.7 Å². The van der Waals surface area contributed by atoms with Crippen LogP contribution in [0.4, 0.5) is 5.82 Å². The molecular formula is C22H30N4O2. The summed E-state index contributed by atoms with van der Waals surface area (Å²) in [4.78, 5) is 16.3. The van der Waals surface area contributed by atoms with Gasteiger partial charge in [0.25, 0.3) is 0 Å². The van der Waals surface area contributed by atoms with Crippen molar-refractivity contribution >= 4 is 28.0 Å². The number of nitrogens with zero attached hydrogens (tertiary/aromatic N) is 4. The molecule has 1 aliphatic heterocycles. The van der Waals surface area contributed by atoms with Crippen molar-refractivity contribution in [2.75, 3.05) is 18.0 Å². The molecule has 4 rings (SSSR count). The normalized spacial score (nSPS) is 15.9. The number of aromatic nitrogens is 3. The summed E-state index contributed by atoms with van der Waals surface area (Å²) in [5.41, 5.74) is 4.24. The Hall–Kier alpha value is -2.21. The molecule has 0 saturated heterocycles. The standard InChI is InChI=1S/C22H30N4O2/c1-5-7-9-26(10-8-6-2)20-19-18(23-14-24-20)16-11-15-13-27-22(3,4)12-17(15)25-21(16)28-19/h11,14H,5-10,12-13H2,1-4H3. The van der Waals surface area contributed by atoms with Crippen molar-refractivity contribution in [3.63, 3.8) is 0 Å². The van der Waals surface area contributed by atoms with Crippen molar-refractivity contribution in [1.82, 2.24) is 15.0 Å².